The van der Waals surface area contributed by atoms with Crippen LogP contribution in [0.2, 0.25) is 10.0 Å². The normalized spacial score (nSPS) is 17.6. The molecule has 0 atom stereocenters. The van der Waals surface area contributed by atoms with Gasteiger partial charge in [0.15, 0.2) is 18.2 Å². The highest BCUT2D eigenvalue weighted by atomic mass is 35.5. The Balaban J connectivity index is 1.63. The van der Waals surface area contributed by atoms with Crippen LogP contribution >= 0.6 is 23.2 Å². The van der Waals surface area contributed by atoms with E-state index < -0.39 is 64.9 Å². The van der Waals surface area contributed by atoms with Crippen molar-refractivity contribution >= 4 is 57.7 Å². The van der Waals surface area contributed by atoms with E-state index >= 15 is 4.39 Å². The summed E-state index contributed by atoms with van der Waals surface area (Å²) in [4.78, 5) is 32.2. The lowest BCUT2D eigenvalue weighted by molar-refractivity contribution is -0.182. The monoisotopic (exact) mass is 699 g/mol. The predicted molar refractivity (Wildman–Crippen MR) is 158 cm³/mol. The molecule has 4 N–H and O–H groups in total. The van der Waals surface area contributed by atoms with Gasteiger partial charge in [-0.3, -0.25) is 9.59 Å². The average Bonchev–Trinajstić information content (AvgIpc) is 3.36. The Labute approximate surface area is 268 Å². The third kappa shape index (κ3) is 8.46. The van der Waals surface area contributed by atoms with Crippen LogP contribution in [0.5, 0.6) is 5.75 Å². The van der Waals surface area contributed by atoms with Crippen LogP contribution in [0.15, 0.2) is 18.2 Å². The van der Waals surface area contributed by atoms with Crippen molar-refractivity contribution in [1.29, 1.82) is 0 Å². The number of benzene rings is 2. The number of rotatable bonds is 8. The minimum atomic E-state index is -4.88. The summed E-state index contributed by atoms with van der Waals surface area (Å²) in [7, 11) is 0. The lowest BCUT2D eigenvalue weighted by atomic mass is 9.85. The molecule has 3 aromatic rings. The first-order valence-electron chi connectivity index (χ1n) is 14.1. The van der Waals surface area contributed by atoms with E-state index in [1.54, 1.807) is 26.8 Å². The average molecular weight is 700 g/mol. The number of carbonyl (C=O) groups is 2. The third-order valence-electron chi connectivity index (χ3n) is 7.36. The first-order chi connectivity index (χ1) is 21.2. The fourth-order valence-corrected chi connectivity index (χ4v) is 5.38. The number of alkyl halides is 6. The fourth-order valence-electron chi connectivity index (χ4n) is 4.85. The Morgan fingerprint density at radius 1 is 1.04 bits per heavy atom. The third-order valence-corrected chi connectivity index (χ3v) is 8.10. The molecule has 46 heavy (non-hydrogen) atoms. The van der Waals surface area contributed by atoms with Gasteiger partial charge in [0.25, 0.3) is 5.91 Å². The molecule has 1 aliphatic rings. The molecule has 2 aromatic carbocycles. The molecule has 0 unspecified atom stereocenters. The quantitative estimate of drug-likeness (QED) is 0.177. The molecule has 0 bridgehead atoms. The van der Waals surface area contributed by atoms with Crippen molar-refractivity contribution in [3.05, 3.63) is 45.2 Å². The van der Waals surface area contributed by atoms with Crippen LogP contribution in [0.4, 0.5) is 42.4 Å². The van der Waals surface area contributed by atoms with Crippen molar-refractivity contribution in [2.45, 2.75) is 71.4 Å². The molecule has 17 heteroatoms. The number of H-pyrrole nitrogens is 1. The lowest BCUT2D eigenvalue weighted by Crippen LogP contribution is -2.40. The van der Waals surface area contributed by atoms with Gasteiger partial charge in [0, 0.05) is 18.0 Å². The molecule has 1 saturated carbocycles. The van der Waals surface area contributed by atoms with Gasteiger partial charge in [-0.05, 0) is 43.4 Å². The Bertz CT molecular complexity index is 1610. The van der Waals surface area contributed by atoms with Gasteiger partial charge >= 0.3 is 12.4 Å². The SMILES string of the molecule is CC(C)(C)C(=O)NCc1ccc(Cl)c(Nc2nc3c(F)c(OCC(F)(F)F)c(C(=O)NC4CCC(C(F)(F)F)CC4)cc3[nH]2)c1Cl. The van der Waals surface area contributed by atoms with Crippen LogP contribution in [0.25, 0.3) is 11.0 Å². The molecule has 1 aromatic heterocycles. The minimum Gasteiger partial charge on any atom is -0.480 e. The van der Waals surface area contributed by atoms with Crippen molar-refractivity contribution in [3.63, 3.8) is 0 Å². The number of hydrogen-bond donors (Lipinski definition) is 4. The van der Waals surface area contributed by atoms with Gasteiger partial charge in [0.2, 0.25) is 11.9 Å². The Morgan fingerprint density at radius 3 is 2.28 bits per heavy atom. The van der Waals surface area contributed by atoms with Gasteiger partial charge in [-0.2, -0.15) is 26.3 Å². The fraction of sp³-hybridized carbons (Fsp3) is 0.483. The number of imidazole rings is 1. The zero-order valence-corrected chi connectivity index (χ0v) is 26.2. The lowest BCUT2D eigenvalue weighted by Gasteiger charge is -2.30. The molecule has 8 nitrogen and oxygen atoms in total. The summed E-state index contributed by atoms with van der Waals surface area (Å²) < 4.78 is 98.6. The van der Waals surface area contributed by atoms with Crippen molar-refractivity contribution < 1.29 is 45.1 Å². The second-order valence-corrected chi connectivity index (χ2v) is 12.8. The first-order valence-corrected chi connectivity index (χ1v) is 14.8. The molecule has 0 radical (unpaired) electrons. The number of hydrogen-bond acceptors (Lipinski definition) is 5. The van der Waals surface area contributed by atoms with E-state index in [4.69, 9.17) is 27.9 Å². The molecule has 0 spiro atoms. The smallest absolute Gasteiger partial charge is 0.422 e. The summed E-state index contributed by atoms with van der Waals surface area (Å²) in [5.41, 5.74) is -1.29. The van der Waals surface area contributed by atoms with E-state index in [0.29, 0.717) is 5.56 Å². The molecular weight excluding hydrogens is 670 g/mol. The summed E-state index contributed by atoms with van der Waals surface area (Å²) in [6.07, 6.45) is -9.81. The summed E-state index contributed by atoms with van der Waals surface area (Å²) in [5, 5.41) is 8.25. The highest BCUT2D eigenvalue weighted by Crippen LogP contribution is 2.39. The second-order valence-electron chi connectivity index (χ2n) is 12.0. The molecule has 1 fully saturated rings. The number of nitrogens with one attached hydrogen (secondary N) is 4. The van der Waals surface area contributed by atoms with Crippen molar-refractivity contribution in [1.82, 2.24) is 20.6 Å². The molecule has 0 aliphatic heterocycles. The zero-order valence-electron chi connectivity index (χ0n) is 24.7. The van der Waals surface area contributed by atoms with E-state index in [1.807, 2.05) is 0 Å². The molecule has 252 valence electrons. The second kappa shape index (κ2) is 13.3. The molecule has 1 heterocycles. The number of fused-ring (bicyclic) bond motifs is 1. The number of amides is 2. The number of nitrogens with zero attached hydrogens (tertiary/aromatic N) is 1. The van der Waals surface area contributed by atoms with E-state index in [1.165, 1.54) is 6.07 Å². The van der Waals surface area contributed by atoms with E-state index in [2.05, 4.69) is 25.9 Å². The van der Waals surface area contributed by atoms with E-state index in [0.717, 1.165) is 6.07 Å². The number of ether oxygens (including phenoxy) is 1. The molecular formula is C29H30Cl2F7N5O3. The Hall–Kier alpha value is -3.46. The summed E-state index contributed by atoms with van der Waals surface area (Å²) in [6, 6.07) is 3.39. The minimum absolute atomic E-state index is 0.0298. The van der Waals surface area contributed by atoms with Crippen LogP contribution in [0.3, 0.4) is 0 Å². The standard InChI is InChI=1S/C29H30Cl2F7N5O3/c1-27(2,3)25(45)39-11-13-4-9-17(30)21(19(13)31)42-26-41-18-10-16(23(20(32)22(18)43-26)46-12-28(33,34)35)24(44)40-15-7-5-14(6-8-15)29(36,37)38/h4,9-10,14-15H,5-8,11-12H2,1-3H3,(H,39,45)(H,40,44)(H2,41,42,43). The van der Waals surface area contributed by atoms with Gasteiger partial charge in [-0.1, -0.05) is 50.0 Å². The van der Waals surface area contributed by atoms with E-state index in [9.17, 15) is 35.9 Å². The van der Waals surface area contributed by atoms with E-state index in [-0.39, 0.29) is 65.3 Å². The molecule has 0 saturated heterocycles. The highest BCUT2D eigenvalue weighted by Gasteiger charge is 2.42. The van der Waals surface area contributed by atoms with Gasteiger partial charge in [-0.15, -0.1) is 0 Å². The Kier molecular flexibility index (Phi) is 10.3. The van der Waals surface area contributed by atoms with Gasteiger partial charge in [0.1, 0.15) is 5.52 Å². The number of anilines is 2. The van der Waals surface area contributed by atoms with Crippen molar-refractivity contribution in [3.8, 4) is 5.75 Å². The van der Waals surface area contributed by atoms with Gasteiger partial charge in [0.05, 0.1) is 32.7 Å². The predicted octanol–water partition coefficient (Wildman–Crippen LogP) is 8.21. The molecule has 1 aliphatic carbocycles. The van der Waals surface area contributed by atoms with Gasteiger partial charge in [-0.25, -0.2) is 9.37 Å². The molecule has 4 rings (SSSR count). The number of carbonyl (C=O) groups excluding carboxylic acids is 2. The van der Waals surface area contributed by atoms with Crippen LogP contribution in [-0.4, -0.2) is 46.8 Å². The Morgan fingerprint density at radius 2 is 1.70 bits per heavy atom. The highest BCUT2D eigenvalue weighted by molar-refractivity contribution is 6.39. The maximum Gasteiger partial charge on any atom is 0.422 e. The van der Waals surface area contributed by atoms with Gasteiger partial charge < -0.3 is 25.7 Å². The zero-order chi connectivity index (χ0) is 34.2. The topological polar surface area (TPSA) is 108 Å². The summed E-state index contributed by atoms with van der Waals surface area (Å²) in [5.74, 6) is -5.36. The summed E-state index contributed by atoms with van der Waals surface area (Å²) >= 11 is 12.9. The van der Waals surface area contributed by atoms with Crippen LogP contribution in [0, 0.1) is 17.2 Å². The number of halogens is 9. The number of aromatic amines is 1. The van der Waals surface area contributed by atoms with Crippen LogP contribution in [0.1, 0.15) is 62.4 Å². The first kappa shape index (κ1) is 35.4. The van der Waals surface area contributed by atoms with Crippen molar-refractivity contribution in [2.24, 2.45) is 11.3 Å². The summed E-state index contributed by atoms with van der Waals surface area (Å²) in [6.45, 7) is 3.32. The number of aromatic nitrogens is 2. The maximum atomic E-state index is 15.7. The molecule has 2 amide bonds. The van der Waals surface area contributed by atoms with Crippen molar-refractivity contribution in [2.75, 3.05) is 11.9 Å². The largest absolute Gasteiger partial charge is 0.480 e. The van der Waals surface area contributed by atoms with Crippen LogP contribution < -0.4 is 20.7 Å². The van der Waals surface area contributed by atoms with Crippen LogP contribution in [-0.2, 0) is 11.3 Å². The maximum absolute atomic E-state index is 15.7.